The normalized spacial score (nSPS) is 21.1. The molecule has 2 heterocycles. The maximum atomic E-state index is 5.61. The fourth-order valence-electron chi connectivity index (χ4n) is 2.08. The summed E-state index contributed by atoms with van der Waals surface area (Å²) >= 11 is 0. The number of hydrogen-bond donors (Lipinski definition) is 2. The van der Waals surface area contributed by atoms with Gasteiger partial charge < -0.3 is 10.1 Å². The molecule has 4 nitrogen and oxygen atoms in total. The van der Waals surface area contributed by atoms with E-state index in [9.17, 15) is 0 Å². The lowest BCUT2D eigenvalue weighted by Crippen LogP contribution is -2.26. The summed E-state index contributed by atoms with van der Waals surface area (Å²) in [6.07, 6.45) is 7.13. The summed E-state index contributed by atoms with van der Waals surface area (Å²) in [5.74, 6) is 0. The first-order chi connectivity index (χ1) is 7.84. The molecule has 2 atom stereocenters. The van der Waals surface area contributed by atoms with Gasteiger partial charge in [0.05, 0.1) is 6.10 Å². The lowest BCUT2D eigenvalue weighted by molar-refractivity contribution is 0.100. The minimum absolute atomic E-state index is 0. The second-order valence-corrected chi connectivity index (χ2v) is 4.58. The van der Waals surface area contributed by atoms with Gasteiger partial charge in [-0.1, -0.05) is 0 Å². The van der Waals surface area contributed by atoms with E-state index in [1.54, 1.807) is 6.20 Å². The molecule has 0 radical (unpaired) electrons. The number of ether oxygens (including phenoxy) is 1. The van der Waals surface area contributed by atoms with E-state index >= 15 is 0 Å². The second-order valence-electron chi connectivity index (χ2n) is 4.58. The van der Waals surface area contributed by atoms with Crippen LogP contribution in [-0.2, 0) is 11.3 Å². The van der Waals surface area contributed by atoms with Crippen molar-refractivity contribution in [2.24, 2.45) is 0 Å². The highest BCUT2D eigenvalue weighted by Gasteiger charge is 2.16. The summed E-state index contributed by atoms with van der Waals surface area (Å²) < 4.78 is 5.61. The molecule has 1 saturated heterocycles. The van der Waals surface area contributed by atoms with Crippen LogP contribution in [0.25, 0.3) is 0 Å². The van der Waals surface area contributed by atoms with Crippen molar-refractivity contribution < 1.29 is 4.74 Å². The minimum atomic E-state index is 0. The van der Waals surface area contributed by atoms with Gasteiger partial charge in [0.1, 0.15) is 0 Å². The molecule has 1 aromatic heterocycles. The van der Waals surface area contributed by atoms with E-state index in [1.165, 1.54) is 25.7 Å². The number of rotatable bonds is 6. The van der Waals surface area contributed by atoms with Crippen molar-refractivity contribution in [3.63, 3.8) is 0 Å². The molecule has 1 fully saturated rings. The van der Waals surface area contributed by atoms with Gasteiger partial charge in [-0.05, 0) is 38.7 Å². The molecule has 0 amide bonds. The smallest absolute Gasteiger partial charge is 0.0576 e. The molecule has 17 heavy (non-hydrogen) atoms. The van der Waals surface area contributed by atoms with E-state index in [2.05, 4.69) is 22.4 Å². The molecule has 0 aromatic carbocycles. The van der Waals surface area contributed by atoms with E-state index in [-0.39, 0.29) is 12.4 Å². The fourth-order valence-corrected chi connectivity index (χ4v) is 2.08. The highest BCUT2D eigenvalue weighted by atomic mass is 35.5. The van der Waals surface area contributed by atoms with Crippen LogP contribution in [0.3, 0.4) is 0 Å². The monoisotopic (exact) mass is 259 g/mol. The first kappa shape index (κ1) is 14.5. The number of aromatic nitrogens is 2. The van der Waals surface area contributed by atoms with Crippen LogP contribution in [0.1, 0.15) is 38.3 Å². The molecule has 2 unspecified atom stereocenters. The topological polar surface area (TPSA) is 49.9 Å². The van der Waals surface area contributed by atoms with Gasteiger partial charge in [-0.25, -0.2) is 0 Å². The SMILES string of the molecule is CC(CCC1CCCO1)NCc1ccn[nH]1.Cl. The Kier molecular flexibility index (Phi) is 6.55. The van der Waals surface area contributed by atoms with Crippen molar-refractivity contribution in [1.29, 1.82) is 0 Å². The van der Waals surface area contributed by atoms with Crippen LogP contribution >= 0.6 is 12.4 Å². The van der Waals surface area contributed by atoms with Crippen LogP contribution in [0, 0.1) is 0 Å². The summed E-state index contributed by atoms with van der Waals surface area (Å²) in [4.78, 5) is 0. The molecule has 0 aliphatic carbocycles. The zero-order valence-corrected chi connectivity index (χ0v) is 11.1. The molecule has 2 N–H and O–H groups in total. The molecule has 0 spiro atoms. The standard InChI is InChI=1S/C12H21N3O.ClH/c1-10(4-5-12-3-2-8-16-12)13-9-11-6-7-14-15-11;/h6-7,10,12-13H,2-5,8-9H2,1H3,(H,14,15);1H. The first-order valence-electron chi connectivity index (χ1n) is 6.18. The van der Waals surface area contributed by atoms with E-state index in [4.69, 9.17) is 4.74 Å². The fraction of sp³-hybridized carbons (Fsp3) is 0.750. The van der Waals surface area contributed by atoms with Gasteiger partial charge in [0.2, 0.25) is 0 Å². The zero-order chi connectivity index (χ0) is 11.2. The Hall–Kier alpha value is -0.580. The van der Waals surface area contributed by atoms with Crippen LogP contribution in [0.5, 0.6) is 0 Å². The number of H-pyrrole nitrogens is 1. The Morgan fingerprint density at radius 3 is 3.18 bits per heavy atom. The number of aromatic amines is 1. The Bertz CT molecular complexity index is 286. The van der Waals surface area contributed by atoms with E-state index in [0.717, 1.165) is 18.8 Å². The largest absolute Gasteiger partial charge is 0.378 e. The van der Waals surface area contributed by atoms with Crippen molar-refractivity contribution in [1.82, 2.24) is 15.5 Å². The first-order valence-corrected chi connectivity index (χ1v) is 6.18. The summed E-state index contributed by atoms with van der Waals surface area (Å²) in [5.41, 5.74) is 1.14. The molecular formula is C12H22ClN3O. The number of halogens is 1. The zero-order valence-electron chi connectivity index (χ0n) is 10.3. The summed E-state index contributed by atoms with van der Waals surface area (Å²) in [6, 6.07) is 2.53. The van der Waals surface area contributed by atoms with Crippen molar-refractivity contribution in [2.75, 3.05) is 6.61 Å². The summed E-state index contributed by atoms with van der Waals surface area (Å²) in [5, 5.41) is 10.4. The Balaban J connectivity index is 0.00000144. The van der Waals surface area contributed by atoms with Crippen LogP contribution in [0.15, 0.2) is 12.3 Å². The lowest BCUT2D eigenvalue weighted by Gasteiger charge is -2.15. The third-order valence-corrected chi connectivity index (χ3v) is 3.15. The lowest BCUT2D eigenvalue weighted by atomic mass is 10.1. The summed E-state index contributed by atoms with van der Waals surface area (Å²) in [6.45, 7) is 4.05. The van der Waals surface area contributed by atoms with Gasteiger partial charge in [-0.2, -0.15) is 5.10 Å². The average Bonchev–Trinajstić information content (AvgIpc) is 2.96. The van der Waals surface area contributed by atoms with E-state index < -0.39 is 0 Å². The number of nitrogens with one attached hydrogen (secondary N) is 2. The predicted octanol–water partition coefficient (Wildman–Crippen LogP) is 2.27. The summed E-state index contributed by atoms with van der Waals surface area (Å²) in [7, 11) is 0. The van der Waals surface area contributed by atoms with E-state index in [0.29, 0.717) is 12.1 Å². The molecule has 98 valence electrons. The third kappa shape index (κ3) is 5.06. The highest BCUT2D eigenvalue weighted by molar-refractivity contribution is 5.85. The molecular weight excluding hydrogens is 238 g/mol. The minimum Gasteiger partial charge on any atom is -0.378 e. The van der Waals surface area contributed by atoms with Crippen LogP contribution < -0.4 is 5.32 Å². The van der Waals surface area contributed by atoms with Crippen molar-refractivity contribution in [3.8, 4) is 0 Å². The van der Waals surface area contributed by atoms with Gasteiger partial charge in [0.25, 0.3) is 0 Å². The van der Waals surface area contributed by atoms with Crippen molar-refractivity contribution in [3.05, 3.63) is 18.0 Å². The number of nitrogens with zero attached hydrogens (tertiary/aromatic N) is 1. The average molecular weight is 260 g/mol. The Morgan fingerprint density at radius 1 is 1.65 bits per heavy atom. The van der Waals surface area contributed by atoms with Crippen molar-refractivity contribution >= 4 is 12.4 Å². The third-order valence-electron chi connectivity index (χ3n) is 3.15. The predicted molar refractivity (Wildman–Crippen MR) is 70.3 cm³/mol. The highest BCUT2D eigenvalue weighted by Crippen LogP contribution is 2.17. The number of hydrogen-bond acceptors (Lipinski definition) is 3. The molecule has 1 aromatic rings. The van der Waals surface area contributed by atoms with Gasteiger partial charge >= 0.3 is 0 Å². The maximum Gasteiger partial charge on any atom is 0.0576 e. The molecule has 2 rings (SSSR count). The van der Waals surface area contributed by atoms with Gasteiger partial charge in [-0.3, -0.25) is 5.10 Å². The maximum absolute atomic E-state index is 5.61. The Morgan fingerprint density at radius 2 is 2.53 bits per heavy atom. The van der Waals surface area contributed by atoms with Crippen LogP contribution in [0.4, 0.5) is 0 Å². The molecule has 5 heteroatoms. The molecule has 1 aliphatic heterocycles. The second kappa shape index (κ2) is 7.69. The van der Waals surface area contributed by atoms with Gasteiger partial charge in [0.15, 0.2) is 0 Å². The van der Waals surface area contributed by atoms with Crippen LogP contribution in [0.2, 0.25) is 0 Å². The molecule has 0 bridgehead atoms. The molecule has 1 aliphatic rings. The van der Waals surface area contributed by atoms with E-state index in [1.807, 2.05) is 6.07 Å². The quantitative estimate of drug-likeness (QED) is 0.824. The van der Waals surface area contributed by atoms with Crippen molar-refractivity contribution in [2.45, 2.75) is 51.3 Å². The van der Waals surface area contributed by atoms with Crippen LogP contribution in [-0.4, -0.2) is 29.0 Å². The Labute approximate surface area is 109 Å². The van der Waals surface area contributed by atoms with Gasteiger partial charge in [0, 0.05) is 31.1 Å². The van der Waals surface area contributed by atoms with Gasteiger partial charge in [-0.15, -0.1) is 12.4 Å². The molecule has 0 saturated carbocycles.